The highest BCUT2D eigenvalue weighted by molar-refractivity contribution is 5.78. The van der Waals surface area contributed by atoms with E-state index >= 15 is 0 Å². The van der Waals surface area contributed by atoms with Crippen molar-refractivity contribution in [3.05, 3.63) is 0 Å². The summed E-state index contributed by atoms with van der Waals surface area (Å²) >= 11 is 0. The molecule has 19 heavy (non-hydrogen) atoms. The van der Waals surface area contributed by atoms with Crippen molar-refractivity contribution in [1.82, 2.24) is 4.90 Å². The molecular weight excluding hydrogens is 246 g/mol. The highest BCUT2D eigenvalue weighted by Crippen LogP contribution is 2.16. The number of ketones is 1. The van der Waals surface area contributed by atoms with Gasteiger partial charge in [-0.1, -0.05) is 0 Å². The molecule has 5 heteroatoms. The van der Waals surface area contributed by atoms with E-state index < -0.39 is 0 Å². The Hall–Kier alpha value is -0.490. The molecule has 1 saturated heterocycles. The van der Waals surface area contributed by atoms with Crippen molar-refractivity contribution in [2.45, 2.75) is 19.8 Å². The first kappa shape index (κ1) is 16.6. The molecule has 1 aliphatic heterocycles. The third-order valence-corrected chi connectivity index (χ3v) is 3.44. The van der Waals surface area contributed by atoms with Gasteiger partial charge in [-0.25, -0.2) is 0 Å². The van der Waals surface area contributed by atoms with Crippen LogP contribution in [-0.2, 0) is 19.0 Å². The van der Waals surface area contributed by atoms with Crippen molar-refractivity contribution in [3.63, 3.8) is 0 Å². The molecule has 112 valence electrons. The molecule has 0 spiro atoms. The predicted molar refractivity (Wildman–Crippen MR) is 73.4 cm³/mol. The minimum absolute atomic E-state index is 0.228. The molecule has 0 aromatic carbocycles. The summed E-state index contributed by atoms with van der Waals surface area (Å²) in [4.78, 5) is 13.7. The largest absolute Gasteiger partial charge is 0.382 e. The van der Waals surface area contributed by atoms with Crippen LogP contribution in [0.4, 0.5) is 0 Å². The van der Waals surface area contributed by atoms with Gasteiger partial charge in [0, 0.05) is 26.1 Å². The maximum absolute atomic E-state index is 11.4. The number of carbonyl (C=O) groups is 1. The van der Waals surface area contributed by atoms with Gasteiger partial charge in [-0.05, 0) is 26.3 Å². The Morgan fingerprint density at radius 3 is 2.53 bits per heavy atom. The first-order chi connectivity index (χ1) is 9.24. The summed E-state index contributed by atoms with van der Waals surface area (Å²) in [7, 11) is 1.66. The molecule has 0 N–H and O–H groups in total. The van der Waals surface area contributed by atoms with Crippen molar-refractivity contribution in [1.29, 1.82) is 0 Å². The lowest BCUT2D eigenvalue weighted by Gasteiger charge is -2.31. The molecule has 1 atom stereocenters. The number of carbonyl (C=O) groups excluding carboxylic acids is 1. The molecule has 0 radical (unpaired) electrons. The van der Waals surface area contributed by atoms with E-state index in [1.54, 1.807) is 14.0 Å². The fourth-order valence-corrected chi connectivity index (χ4v) is 2.25. The number of methoxy groups -OCH3 is 1. The summed E-state index contributed by atoms with van der Waals surface area (Å²) in [6, 6.07) is 0. The molecule has 5 nitrogen and oxygen atoms in total. The standard InChI is InChI=1S/C14H27NO4/c1-13(16)14-4-3-5-15(12-14)6-7-18-10-11-19-9-8-17-2/h14H,3-12H2,1-2H3. The monoisotopic (exact) mass is 273 g/mol. The number of likely N-dealkylation sites (tertiary alicyclic amines) is 1. The highest BCUT2D eigenvalue weighted by Gasteiger charge is 2.22. The summed E-state index contributed by atoms with van der Waals surface area (Å²) in [5.41, 5.74) is 0. The average molecular weight is 273 g/mol. The molecule has 0 aliphatic carbocycles. The van der Waals surface area contributed by atoms with Crippen molar-refractivity contribution >= 4 is 5.78 Å². The average Bonchev–Trinajstić information content (AvgIpc) is 2.42. The minimum Gasteiger partial charge on any atom is -0.382 e. The van der Waals surface area contributed by atoms with Crippen molar-refractivity contribution in [2.24, 2.45) is 5.92 Å². The number of hydrogen-bond donors (Lipinski definition) is 0. The van der Waals surface area contributed by atoms with Crippen LogP contribution in [0.1, 0.15) is 19.8 Å². The van der Waals surface area contributed by atoms with Crippen LogP contribution in [0.25, 0.3) is 0 Å². The first-order valence-electron chi connectivity index (χ1n) is 7.11. The molecular formula is C14H27NO4. The zero-order valence-corrected chi connectivity index (χ0v) is 12.2. The zero-order valence-electron chi connectivity index (χ0n) is 12.2. The Bertz CT molecular complexity index is 248. The second kappa shape index (κ2) is 10.3. The third kappa shape index (κ3) is 7.62. The van der Waals surface area contributed by atoms with Crippen LogP contribution in [0.15, 0.2) is 0 Å². The van der Waals surface area contributed by atoms with E-state index in [0.717, 1.165) is 32.5 Å². The second-order valence-corrected chi connectivity index (χ2v) is 4.97. The van der Waals surface area contributed by atoms with E-state index in [1.165, 1.54) is 0 Å². The van der Waals surface area contributed by atoms with Crippen LogP contribution in [0.3, 0.4) is 0 Å². The summed E-state index contributed by atoms with van der Waals surface area (Å²) in [6.45, 7) is 7.75. The van der Waals surface area contributed by atoms with E-state index in [-0.39, 0.29) is 5.92 Å². The molecule has 1 fully saturated rings. The van der Waals surface area contributed by atoms with Crippen molar-refractivity contribution in [2.75, 3.05) is 59.8 Å². The highest BCUT2D eigenvalue weighted by atomic mass is 16.5. The van der Waals surface area contributed by atoms with Gasteiger partial charge in [0.15, 0.2) is 0 Å². The number of rotatable bonds is 10. The van der Waals surface area contributed by atoms with Gasteiger partial charge in [0.1, 0.15) is 5.78 Å². The normalized spacial score (nSPS) is 20.6. The molecule has 1 heterocycles. The molecule has 0 amide bonds. The van der Waals surface area contributed by atoms with Crippen LogP contribution in [0, 0.1) is 5.92 Å². The predicted octanol–water partition coefficient (Wildman–Crippen LogP) is 0.967. The van der Waals surface area contributed by atoms with Crippen LogP contribution >= 0.6 is 0 Å². The van der Waals surface area contributed by atoms with E-state index in [9.17, 15) is 4.79 Å². The van der Waals surface area contributed by atoms with Crippen LogP contribution in [0.5, 0.6) is 0 Å². The van der Waals surface area contributed by atoms with Gasteiger partial charge in [-0.15, -0.1) is 0 Å². The fraction of sp³-hybridized carbons (Fsp3) is 0.929. The van der Waals surface area contributed by atoms with Crippen molar-refractivity contribution < 1.29 is 19.0 Å². The van der Waals surface area contributed by atoms with Gasteiger partial charge in [0.05, 0.1) is 33.0 Å². The summed E-state index contributed by atoms with van der Waals surface area (Å²) in [6.07, 6.45) is 2.16. The van der Waals surface area contributed by atoms with Gasteiger partial charge in [0.2, 0.25) is 0 Å². The van der Waals surface area contributed by atoms with Crippen LogP contribution < -0.4 is 0 Å². The maximum Gasteiger partial charge on any atom is 0.134 e. The molecule has 0 aromatic rings. The van der Waals surface area contributed by atoms with Crippen molar-refractivity contribution in [3.8, 4) is 0 Å². The Labute approximate surface area is 116 Å². The third-order valence-electron chi connectivity index (χ3n) is 3.44. The van der Waals surface area contributed by atoms with Gasteiger partial charge in [0.25, 0.3) is 0 Å². The fourth-order valence-electron chi connectivity index (χ4n) is 2.25. The SMILES string of the molecule is COCCOCCOCCN1CCCC(C(C)=O)C1. The minimum atomic E-state index is 0.228. The first-order valence-corrected chi connectivity index (χ1v) is 7.11. The van der Waals surface area contributed by atoms with Crippen LogP contribution in [-0.4, -0.2) is 70.5 Å². The summed E-state index contributed by atoms with van der Waals surface area (Å²) in [5, 5.41) is 0. The molecule has 1 unspecified atom stereocenters. The molecule has 0 aromatic heterocycles. The lowest BCUT2D eigenvalue weighted by atomic mass is 9.95. The van der Waals surface area contributed by atoms with Gasteiger partial charge < -0.3 is 19.1 Å². The Balaban J connectivity index is 1.95. The van der Waals surface area contributed by atoms with E-state index in [4.69, 9.17) is 14.2 Å². The number of nitrogens with zero attached hydrogens (tertiary/aromatic N) is 1. The number of Topliss-reactive ketones (excluding diaryl/α,β-unsaturated/α-hetero) is 1. The summed E-state index contributed by atoms with van der Waals surface area (Å²) in [5.74, 6) is 0.545. The quantitative estimate of drug-likeness (QED) is 0.555. The zero-order chi connectivity index (χ0) is 13.9. The smallest absolute Gasteiger partial charge is 0.134 e. The Morgan fingerprint density at radius 2 is 1.84 bits per heavy atom. The molecule has 1 rings (SSSR count). The van der Waals surface area contributed by atoms with E-state index in [1.807, 2.05) is 0 Å². The maximum atomic E-state index is 11.4. The van der Waals surface area contributed by atoms with Crippen LogP contribution in [0.2, 0.25) is 0 Å². The van der Waals surface area contributed by atoms with Gasteiger partial charge in [-0.3, -0.25) is 4.79 Å². The topological polar surface area (TPSA) is 48.0 Å². The Morgan fingerprint density at radius 1 is 1.16 bits per heavy atom. The van der Waals surface area contributed by atoms with Gasteiger partial charge >= 0.3 is 0 Å². The number of hydrogen-bond acceptors (Lipinski definition) is 5. The molecule has 1 aliphatic rings. The lowest BCUT2D eigenvalue weighted by Crippen LogP contribution is -2.39. The second-order valence-electron chi connectivity index (χ2n) is 4.97. The number of piperidine rings is 1. The van der Waals surface area contributed by atoms with Gasteiger partial charge in [-0.2, -0.15) is 0 Å². The molecule has 0 saturated carbocycles. The number of ether oxygens (including phenoxy) is 3. The van der Waals surface area contributed by atoms with E-state index in [0.29, 0.717) is 38.8 Å². The summed E-state index contributed by atoms with van der Waals surface area (Å²) < 4.78 is 15.7. The molecule has 0 bridgehead atoms. The Kier molecular flexibility index (Phi) is 8.99. The lowest BCUT2D eigenvalue weighted by molar-refractivity contribution is -0.122. The van der Waals surface area contributed by atoms with E-state index in [2.05, 4.69) is 4.90 Å².